The Morgan fingerprint density at radius 3 is 1.80 bits per heavy atom. The molecule has 0 bridgehead atoms. The van der Waals surface area contributed by atoms with Gasteiger partial charge in [0.15, 0.2) is 0 Å². The highest BCUT2D eigenvalue weighted by molar-refractivity contribution is 7.80. The Balaban J connectivity index is 2.81. The van der Waals surface area contributed by atoms with Crippen LogP contribution in [0.1, 0.15) is 67.2 Å². The van der Waals surface area contributed by atoms with Crippen molar-refractivity contribution in [3.05, 3.63) is 0 Å². The predicted octanol–water partition coefficient (Wildman–Crippen LogP) is 4.39. The summed E-state index contributed by atoms with van der Waals surface area (Å²) in [5.74, 6) is 0.993. The summed E-state index contributed by atoms with van der Waals surface area (Å²) in [5.41, 5.74) is 0.265. The third-order valence-electron chi connectivity index (χ3n) is 4.22. The first kappa shape index (κ1) is 18.3. The molecule has 1 aliphatic heterocycles. The van der Waals surface area contributed by atoms with Gasteiger partial charge in [0.2, 0.25) is 0 Å². The van der Waals surface area contributed by atoms with Crippen LogP contribution in [0.2, 0.25) is 0 Å². The Morgan fingerprint density at radius 2 is 1.45 bits per heavy atom. The Hall–Kier alpha value is 0.270. The lowest BCUT2D eigenvalue weighted by Crippen LogP contribution is -2.59. The molecule has 0 aromatic carbocycles. The molecule has 20 heavy (non-hydrogen) atoms. The predicted molar refractivity (Wildman–Crippen MR) is 91.8 cm³/mol. The number of nitrogens with zero attached hydrogens (tertiary/aromatic N) is 1. The van der Waals surface area contributed by atoms with Gasteiger partial charge in [-0.2, -0.15) is 12.6 Å². The maximum atomic E-state index is 6.20. The molecule has 1 heterocycles. The summed E-state index contributed by atoms with van der Waals surface area (Å²) in [5, 5.41) is 0. The van der Waals surface area contributed by atoms with Crippen molar-refractivity contribution in [1.29, 1.82) is 0 Å². The fraction of sp³-hybridized carbons (Fsp3) is 1.00. The summed E-state index contributed by atoms with van der Waals surface area (Å²) < 4.78 is 6.20. The molecule has 0 saturated carbocycles. The molecule has 1 aliphatic rings. The first-order valence-electron chi connectivity index (χ1n) is 8.21. The highest BCUT2D eigenvalue weighted by Gasteiger charge is 2.40. The molecule has 120 valence electrons. The quantitative estimate of drug-likeness (QED) is 0.700. The second kappa shape index (κ2) is 7.02. The van der Waals surface area contributed by atoms with E-state index in [9.17, 15) is 0 Å². The average Bonchev–Trinajstić information content (AvgIpc) is 2.25. The molecule has 0 spiro atoms. The van der Waals surface area contributed by atoms with Crippen LogP contribution < -0.4 is 0 Å². The zero-order valence-electron chi connectivity index (χ0n) is 14.5. The number of hydrogen-bond acceptors (Lipinski definition) is 3. The Morgan fingerprint density at radius 1 is 1.00 bits per heavy atom. The monoisotopic (exact) mass is 301 g/mol. The van der Waals surface area contributed by atoms with E-state index >= 15 is 0 Å². The fourth-order valence-corrected chi connectivity index (χ4v) is 4.50. The van der Waals surface area contributed by atoms with Crippen molar-refractivity contribution in [3.63, 3.8) is 0 Å². The van der Waals surface area contributed by atoms with E-state index in [4.69, 9.17) is 17.4 Å². The topological polar surface area (TPSA) is 12.5 Å². The zero-order chi connectivity index (χ0) is 15.4. The van der Waals surface area contributed by atoms with Crippen molar-refractivity contribution >= 4 is 12.6 Å². The number of hydrogen-bond donors (Lipinski definition) is 1. The second-order valence-electron chi connectivity index (χ2n) is 7.92. The van der Waals surface area contributed by atoms with Gasteiger partial charge < -0.3 is 4.74 Å². The standard InChI is InChI=1S/C17H35NOS/c1-7-9-17(14-20,10-8-2)13-18-11-15(3,4)19-16(5,6)12-18/h20H,7-14H2,1-6H3. The smallest absolute Gasteiger partial charge is 0.0760 e. The van der Waals surface area contributed by atoms with Crippen molar-refractivity contribution in [3.8, 4) is 0 Å². The van der Waals surface area contributed by atoms with Gasteiger partial charge in [-0.05, 0) is 51.7 Å². The van der Waals surface area contributed by atoms with Crippen LogP contribution >= 0.6 is 12.6 Å². The number of ether oxygens (including phenoxy) is 1. The molecule has 0 N–H and O–H groups in total. The third kappa shape index (κ3) is 5.23. The van der Waals surface area contributed by atoms with Crippen molar-refractivity contribution < 1.29 is 4.74 Å². The van der Waals surface area contributed by atoms with Gasteiger partial charge in [0.05, 0.1) is 11.2 Å². The molecule has 0 radical (unpaired) electrons. The average molecular weight is 302 g/mol. The van der Waals surface area contributed by atoms with Crippen LogP contribution in [0.25, 0.3) is 0 Å². The van der Waals surface area contributed by atoms with Crippen molar-refractivity contribution in [2.75, 3.05) is 25.4 Å². The molecule has 3 heteroatoms. The minimum Gasteiger partial charge on any atom is -0.367 e. The van der Waals surface area contributed by atoms with Gasteiger partial charge >= 0.3 is 0 Å². The molecule has 0 atom stereocenters. The SMILES string of the molecule is CCCC(CS)(CCC)CN1CC(C)(C)OC(C)(C)C1. The van der Waals surface area contributed by atoms with E-state index in [1.807, 2.05) is 0 Å². The Labute approximate surface area is 132 Å². The molecule has 0 unspecified atom stereocenters. The van der Waals surface area contributed by atoms with E-state index in [1.165, 1.54) is 25.7 Å². The summed E-state index contributed by atoms with van der Waals surface area (Å²) in [7, 11) is 0. The molecule has 1 rings (SSSR count). The summed E-state index contributed by atoms with van der Waals surface area (Å²) in [6.45, 7) is 16.6. The summed E-state index contributed by atoms with van der Waals surface area (Å²) >= 11 is 4.70. The summed E-state index contributed by atoms with van der Waals surface area (Å²) in [6.07, 6.45) is 5.06. The minimum absolute atomic E-state index is 0.0531. The number of thiol groups is 1. The lowest BCUT2D eigenvalue weighted by molar-refractivity contribution is -0.184. The van der Waals surface area contributed by atoms with E-state index in [2.05, 4.69) is 46.4 Å². The van der Waals surface area contributed by atoms with Crippen LogP contribution in [0, 0.1) is 5.41 Å². The van der Waals surface area contributed by atoms with E-state index in [0.29, 0.717) is 5.41 Å². The zero-order valence-corrected chi connectivity index (χ0v) is 15.4. The van der Waals surface area contributed by atoms with E-state index < -0.39 is 0 Å². The van der Waals surface area contributed by atoms with E-state index in [1.54, 1.807) is 0 Å². The normalized spacial score (nSPS) is 22.9. The van der Waals surface area contributed by atoms with Crippen LogP contribution in [-0.2, 0) is 4.74 Å². The van der Waals surface area contributed by atoms with Crippen LogP contribution in [0.15, 0.2) is 0 Å². The lowest BCUT2D eigenvalue weighted by atomic mass is 9.79. The molecule has 0 aromatic heterocycles. The molecule has 1 saturated heterocycles. The van der Waals surface area contributed by atoms with Crippen molar-refractivity contribution in [2.45, 2.75) is 78.4 Å². The largest absolute Gasteiger partial charge is 0.367 e. The molecule has 2 nitrogen and oxygen atoms in total. The van der Waals surface area contributed by atoms with Gasteiger partial charge in [-0.25, -0.2) is 0 Å². The van der Waals surface area contributed by atoms with Gasteiger partial charge in [0.1, 0.15) is 0 Å². The second-order valence-corrected chi connectivity index (χ2v) is 8.24. The van der Waals surface area contributed by atoms with E-state index in [0.717, 1.165) is 25.4 Å². The van der Waals surface area contributed by atoms with Crippen LogP contribution in [0.4, 0.5) is 0 Å². The van der Waals surface area contributed by atoms with Crippen LogP contribution in [0.3, 0.4) is 0 Å². The molecular weight excluding hydrogens is 266 g/mol. The van der Waals surface area contributed by atoms with Crippen molar-refractivity contribution in [1.82, 2.24) is 4.90 Å². The maximum Gasteiger partial charge on any atom is 0.0760 e. The van der Waals surface area contributed by atoms with Crippen LogP contribution in [0.5, 0.6) is 0 Å². The molecule has 0 aliphatic carbocycles. The van der Waals surface area contributed by atoms with Gasteiger partial charge in [0, 0.05) is 19.6 Å². The minimum atomic E-state index is -0.0531. The summed E-state index contributed by atoms with van der Waals surface area (Å²) in [6, 6.07) is 0. The van der Waals surface area contributed by atoms with Gasteiger partial charge in [-0.15, -0.1) is 0 Å². The van der Waals surface area contributed by atoms with Gasteiger partial charge in [-0.1, -0.05) is 26.7 Å². The van der Waals surface area contributed by atoms with Gasteiger partial charge in [0.25, 0.3) is 0 Å². The third-order valence-corrected chi connectivity index (χ3v) is 4.89. The van der Waals surface area contributed by atoms with Crippen molar-refractivity contribution in [2.24, 2.45) is 5.41 Å². The number of rotatable bonds is 7. The maximum absolute atomic E-state index is 6.20. The fourth-order valence-electron chi connectivity index (χ4n) is 4.08. The molecule has 0 aromatic rings. The lowest BCUT2D eigenvalue weighted by Gasteiger charge is -2.50. The van der Waals surface area contributed by atoms with Crippen LogP contribution in [-0.4, -0.2) is 41.5 Å². The Bertz CT molecular complexity index is 279. The first-order chi connectivity index (χ1) is 9.17. The first-order valence-corrected chi connectivity index (χ1v) is 8.84. The number of morpholine rings is 1. The summed E-state index contributed by atoms with van der Waals surface area (Å²) in [4.78, 5) is 2.62. The Kier molecular flexibility index (Phi) is 6.43. The highest BCUT2D eigenvalue weighted by Crippen LogP contribution is 2.36. The highest BCUT2D eigenvalue weighted by atomic mass is 32.1. The van der Waals surface area contributed by atoms with E-state index in [-0.39, 0.29) is 11.2 Å². The molecule has 1 fully saturated rings. The molecular formula is C17H35NOS. The molecule has 0 amide bonds. The van der Waals surface area contributed by atoms with Gasteiger partial charge in [-0.3, -0.25) is 4.90 Å².